The predicted octanol–water partition coefficient (Wildman–Crippen LogP) is 7.58. The zero-order chi connectivity index (χ0) is 17.4. The molecule has 0 aromatic heterocycles. The van der Waals surface area contributed by atoms with E-state index in [0.29, 0.717) is 5.31 Å². The van der Waals surface area contributed by atoms with E-state index < -0.39 is 0 Å². The Labute approximate surface area is 147 Å². The van der Waals surface area contributed by atoms with E-state index in [0.717, 1.165) is 0 Å². The normalized spacial score (nSPS) is 15.4. The van der Waals surface area contributed by atoms with E-state index in [1.54, 1.807) is 0 Å². The van der Waals surface area contributed by atoms with Crippen LogP contribution in [-0.2, 0) is 0 Å². The molecule has 0 fully saturated rings. The molecule has 0 bridgehead atoms. The predicted molar refractivity (Wildman–Crippen MR) is 111 cm³/mol. The van der Waals surface area contributed by atoms with Crippen LogP contribution < -0.4 is 0 Å². The standard InChI is InChI=1S/C22H41B/c1-6-10-13-14-16-20-22(5,19-15-11-7-2)23-21(17-9-4)18-12-8-3/h8-9,12,17-18,23H,6-7,10-11,13-16,19-20H2,1-5H3/b12-8-,17-9-,21-18+. The molecule has 0 rings (SSSR count). The minimum absolute atomic E-state index is 0.467. The van der Waals surface area contributed by atoms with Crippen LogP contribution >= 0.6 is 0 Å². The first kappa shape index (κ1) is 22.3. The minimum atomic E-state index is 0.467. The van der Waals surface area contributed by atoms with E-state index in [9.17, 15) is 0 Å². The van der Waals surface area contributed by atoms with Crippen molar-refractivity contribution < 1.29 is 0 Å². The Hall–Kier alpha value is -0.715. The van der Waals surface area contributed by atoms with Crippen molar-refractivity contribution in [3.63, 3.8) is 0 Å². The molecule has 0 aliphatic carbocycles. The molecule has 0 N–H and O–H groups in total. The summed E-state index contributed by atoms with van der Waals surface area (Å²) >= 11 is 0. The molecule has 1 atom stereocenters. The molecule has 0 aliphatic heterocycles. The van der Waals surface area contributed by atoms with E-state index in [2.05, 4.69) is 65.0 Å². The van der Waals surface area contributed by atoms with E-state index >= 15 is 0 Å². The summed E-state index contributed by atoms with van der Waals surface area (Å²) in [4.78, 5) is 0. The molecule has 0 saturated carbocycles. The van der Waals surface area contributed by atoms with Crippen LogP contribution in [0.2, 0.25) is 5.31 Å². The topological polar surface area (TPSA) is 0 Å². The molecule has 0 saturated heterocycles. The van der Waals surface area contributed by atoms with Crippen LogP contribution in [0, 0.1) is 0 Å². The molecule has 132 valence electrons. The van der Waals surface area contributed by atoms with Gasteiger partial charge in [-0.05, 0) is 13.8 Å². The summed E-state index contributed by atoms with van der Waals surface area (Å²) in [7, 11) is 1.22. The highest BCUT2D eigenvalue weighted by molar-refractivity contribution is 6.50. The van der Waals surface area contributed by atoms with Gasteiger partial charge in [-0.3, -0.25) is 0 Å². The number of allylic oxidation sites excluding steroid dienone is 6. The van der Waals surface area contributed by atoms with Crippen molar-refractivity contribution in [1.82, 2.24) is 0 Å². The Morgan fingerprint density at radius 2 is 1.39 bits per heavy atom. The summed E-state index contributed by atoms with van der Waals surface area (Å²) in [5, 5.41) is 0.467. The molecule has 0 aromatic carbocycles. The van der Waals surface area contributed by atoms with Crippen LogP contribution in [0.3, 0.4) is 0 Å². The molecular formula is C22H41B. The van der Waals surface area contributed by atoms with Crippen LogP contribution in [0.25, 0.3) is 0 Å². The third-order valence-electron chi connectivity index (χ3n) is 4.78. The Morgan fingerprint density at radius 3 is 1.96 bits per heavy atom. The lowest BCUT2D eigenvalue weighted by Crippen LogP contribution is -2.19. The Bertz CT molecular complexity index is 351. The average Bonchev–Trinajstić information content (AvgIpc) is 2.53. The highest BCUT2D eigenvalue weighted by Crippen LogP contribution is 2.39. The third-order valence-corrected chi connectivity index (χ3v) is 4.78. The zero-order valence-corrected chi connectivity index (χ0v) is 16.7. The summed E-state index contributed by atoms with van der Waals surface area (Å²) in [5.74, 6) is 0. The lowest BCUT2D eigenvalue weighted by molar-refractivity contribution is 0.453. The summed E-state index contributed by atoms with van der Waals surface area (Å²) in [6.07, 6.45) is 24.9. The highest BCUT2D eigenvalue weighted by atomic mass is 14.2. The summed E-state index contributed by atoms with van der Waals surface area (Å²) < 4.78 is 0. The van der Waals surface area contributed by atoms with Crippen LogP contribution in [-0.4, -0.2) is 7.28 Å². The van der Waals surface area contributed by atoms with Gasteiger partial charge in [0.25, 0.3) is 0 Å². The largest absolute Gasteiger partial charge is 0.163 e. The number of hydrogen-bond acceptors (Lipinski definition) is 0. The summed E-state index contributed by atoms with van der Waals surface area (Å²) in [6, 6.07) is 0. The van der Waals surface area contributed by atoms with Crippen molar-refractivity contribution in [3.8, 4) is 0 Å². The van der Waals surface area contributed by atoms with Gasteiger partial charge in [-0.25, -0.2) is 0 Å². The van der Waals surface area contributed by atoms with Crippen LogP contribution in [0.1, 0.15) is 98.8 Å². The number of unbranched alkanes of at least 4 members (excludes halogenated alkanes) is 6. The van der Waals surface area contributed by atoms with Crippen molar-refractivity contribution >= 4 is 7.28 Å². The maximum absolute atomic E-state index is 2.52. The smallest absolute Gasteiger partial charge is 0.0882 e. The SMILES string of the molecule is C\C=C/C=C(BC(C)(CCCCC)CCCCCCC)\C=C/C. The molecule has 0 radical (unpaired) electrons. The molecule has 0 nitrogen and oxygen atoms in total. The fourth-order valence-electron chi connectivity index (χ4n) is 3.36. The van der Waals surface area contributed by atoms with Gasteiger partial charge >= 0.3 is 0 Å². The minimum Gasteiger partial charge on any atom is -0.0882 e. The van der Waals surface area contributed by atoms with Gasteiger partial charge in [-0.1, -0.05) is 126 Å². The van der Waals surface area contributed by atoms with Crippen LogP contribution in [0.15, 0.2) is 35.9 Å². The molecule has 0 aliphatic rings. The van der Waals surface area contributed by atoms with Gasteiger partial charge in [0.1, 0.15) is 0 Å². The zero-order valence-electron chi connectivity index (χ0n) is 16.7. The maximum Gasteiger partial charge on any atom is 0.163 e. The Balaban J connectivity index is 4.72. The second-order valence-corrected chi connectivity index (χ2v) is 7.38. The van der Waals surface area contributed by atoms with E-state index in [1.807, 2.05) is 0 Å². The van der Waals surface area contributed by atoms with Crippen LogP contribution in [0.5, 0.6) is 0 Å². The van der Waals surface area contributed by atoms with E-state index in [4.69, 9.17) is 0 Å². The second kappa shape index (κ2) is 14.9. The Kier molecular flexibility index (Phi) is 14.4. The first-order chi connectivity index (χ1) is 11.1. The lowest BCUT2D eigenvalue weighted by Gasteiger charge is -2.30. The first-order valence-electron chi connectivity index (χ1n) is 10.1. The molecule has 0 aromatic rings. The average molecular weight is 316 g/mol. The highest BCUT2D eigenvalue weighted by Gasteiger charge is 2.25. The molecule has 1 unspecified atom stereocenters. The molecular weight excluding hydrogens is 275 g/mol. The fraction of sp³-hybridized carbons (Fsp3) is 0.727. The van der Waals surface area contributed by atoms with E-state index in [-0.39, 0.29) is 0 Å². The fourth-order valence-corrected chi connectivity index (χ4v) is 3.36. The van der Waals surface area contributed by atoms with Crippen molar-refractivity contribution in [3.05, 3.63) is 35.9 Å². The summed E-state index contributed by atoms with van der Waals surface area (Å²) in [5.41, 5.74) is 1.48. The molecule has 23 heavy (non-hydrogen) atoms. The van der Waals surface area contributed by atoms with Gasteiger partial charge in [0.2, 0.25) is 0 Å². The van der Waals surface area contributed by atoms with Gasteiger partial charge in [0.15, 0.2) is 7.28 Å². The second-order valence-electron chi connectivity index (χ2n) is 7.38. The van der Waals surface area contributed by atoms with Crippen LogP contribution in [0.4, 0.5) is 0 Å². The van der Waals surface area contributed by atoms with Crippen molar-refractivity contribution in [2.75, 3.05) is 0 Å². The van der Waals surface area contributed by atoms with E-state index in [1.165, 1.54) is 77.0 Å². The molecule has 0 heterocycles. The first-order valence-corrected chi connectivity index (χ1v) is 10.1. The molecule has 0 spiro atoms. The number of hydrogen-bond donors (Lipinski definition) is 0. The van der Waals surface area contributed by atoms with Crippen molar-refractivity contribution in [2.24, 2.45) is 0 Å². The van der Waals surface area contributed by atoms with Gasteiger partial charge in [-0.15, -0.1) is 0 Å². The van der Waals surface area contributed by atoms with Crippen molar-refractivity contribution in [2.45, 2.75) is 104 Å². The Morgan fingerprint density at radius 1 is 0.826 bits per heavy atom. The third kappa shape index (κ3) is 12.4. The van der Waals surface area contributed by atoms with Crippen molar-refractivity contribution in [1.29, 1.82) is 0 Å². The molecule has 1 heteroatoms. The quantitative estimate of drug-likeness (QED) is 0.176. The lowest BCUT2D eigenvalue weighted by atomic mass is 9.45. The monoisotopic (exact) mass is 316 g/mol. The van der Waals surface area contributed by atoms with Gasteiger partial charge < -0.3 is 0 Å². The van der Waals surface area contributed by atoms with Gasteiger partial charge in [0, 0.05) is 0 Å². The van der Waals surface area contributed by atoms with Gasteiger partial charge in [0.05, 0.1) is 0 Å². The maximum atomic E-state index is 2.52. The van der Waals surface area contributed by atoms with Gasteiger partial charge in [-0.2, -0.15) is 0 Å². The molecule has 0 amide bonds. The number of rotatable bonds is 14. The summed E-state index contributed by atoms with van der Waals surface area (Å²) in [6.45, 7) is 11.3.